The highest BCUT2D eigenvalue weighted by Crippen LogP contribution is 2.22. The third-order valence-electron chi connectivity index (χ3n) is 6.17. The van der Waals surface area contributed by atoms with Gasteiger partial charge in [0.1, 0.15) is 17.2 Å². The van der Waals surface area contributed by atoms with E-state index in [2.05, 4.69) is 32.5 Å². The van der Waals surface area contributed by atoms with E-state index in [0.717, 1.165) is 56.5 Å². The molecule has 35 heavy (non-hydrogen) atoms. The summed E-state index contributed by atoms with van der Waals surface area (Å²) >= 11 is 0. The van der Waals surface area contributed by atoms with Crippen molar-refractivity contribution in [3.63, 3.8) is 0 Å². The molecule has 3 aromatic rings. The number of nitrogens with one attached hydrogen (secondary N) is 3. The molecule has 1 atom stereocenters. The zero-order valence-electron chi connectivity index (χ0n) is 19.8. The predicted molar refractivity (Wildman–Crippen MR) is 133 cm³/mol. The van der Waals surface area contributed by atoms with Gasteiger partial charge in [-0.15, -0.1) is 0 Å². The van der Waals surface area contributed by atoms with Crippen LogP contribution < -0.4 is 16.2 Å². The lowest BCUT2D eigenvalue weighted by molar-refractivity contribution is 0.102. The molecule has 9 heteroatoms. The van der Waals surface area contributed by atoms with E-state index in [1.165, 1.54) is 12.3 Å². The number of piperazine rings is 1. The molecule has 0 saturated carbocycles. The molecule has 3 N–H and O–H groups in total. The molecule has 1 aromatic heterocycles. The van der Waals surface area contributed by atoms with Gasteiger partial charge in [0.2, 0.25) is 0 Å². The SMILES string of the molecule is C[C@@H](Nc1c[nH]c(=O)c(C(=O)Nc2ccc(CN3CCN(C)CC3)cc2)c1)c1cc(F)ccc1F. The quantitative estimate of drug-likeness (QED) is 0.478. The van der Waals surface area contributed by atoms with E-state index in [0.29, 0.717) is 11.4 Å². The Hall–Kier alpha value is -3.56. The topological polar surface area (TPSA) is 80.5 Å². The molecule has 0 bridgehead atoms. The van der Waals surface area contributed by atoms with E-state index in [4.69, 9.17) is 0 Å². The molecule has 1 aliphatic heterocycles. The highest BCUT2D eigenvalue weighted by molar-refractivity contribution is 6.04. The lowest BCUT2D eigenvalue weighted by Gasteiger charge is -2.32. The Kier molecular flexibility index (Phi) is 7.57. The molecule has 0 aliphatic carbocycles. The van der Waals surface area contributed by atoms with Crippen molar-refractivity contribution in [1.82, 2.24) is 14.8 Å². The van der Waals surface area contributed by atoms with Crippen LogP contribution in [0.15, 0.2) is 59.5 Å². The third kappa shape index (κ3) is 6.32. The number of likely N-dealkylation sites (N-methyl/N-ethyl adjacent to an activating group) is 1. The van der Waals surface area contributed by atoms with Crippen molar-refractivity contribution < 1.29 is 13.6 Å². The van der Waals surface area contributed by atoms with Gasteiger partial charge in [-0.1, -0.05) is 12.1 Å². The van der Waals surface area contributed by atoms with Crippen LogP contribution in [0.4, 0.5) is 20.2 Å². The van der Waals surface area contributed by atoms with E-state index < -0.39 is 29.1 Å². The van der Waals surface area contributed by atoms with Crippen LogP contribution >= 0.6 is 0 Å². The van der Waals surface area contributed by atoms with Crippen molar-refractivity contribution in [2.75, 3.05) is 43.9 Å². The number of rotatable bonds is 7. The van der Waals surface area contributed by atoms with Gasteiger partial charge in [0, 0.05) is 50.2 Å². The maximum Gasteiger partial charge on any atom is 0.261 e. The van der Waals surface area contributed by atoms with Gasteiger partial charge in [-0.2, -0.15) is 0 Å². The van der Waals surface area contributed by atoms with E-state index in [-0.39, 0.29) is 11.1 Å². The summed E-state index contributed by atoms with van der Waals surface area (Å²) in [6.07, 6.45) is 1.39. The summed E-state index contributed by atoms with van der Waals surface area (Å²) in [4.78, 5) is 32.3. The molecule has 1 fully saturated rings. The smallest absolute Gasteiger partial charge is 0.261 e. The average molecular weight is 482 g/mol. The Morgan fingerprint density at radius 2 is 1.74 bits per heavy atom. The van der Waals surface area contributed by atoms with Gasteiger partial charge in [0.05, 0.1) is 11.7 Å². The highest BCUT2D eigenvalue weighted by atomic mass is 19.1. The van der Waals surface area contributed by atoms with Crippen LogP contribution in [0.5, 0.6) is 0 Å². The number of hydrogen-bond donors (Lipinski definition) is 3. The molecular weight excluding hydrogens is 452 g/mol. The minimum absolute atomic E-state index is 0.0940. The third-order valence-corrected chi connectivity index (χ3v) is 6.17. The van der Waals surface area contributed by atoms with Gasteiger partial charge >= 0.3 is 0 Å². The van der Waals surface area contributed by atoms with Crippen molar-refractivity contribution in [1.29, 1.82) is 0 Å². The number of benzene rings is 2. The molecule has 1 saturated heterocycles. The number of halogens is 2. The number of amides is 1. The van der Waals surface area contributed by atoms with Crippen molar-refractivity contribution >= 4 is 17.3 Å². The Labute approximate surface area is 202 Å². The number of anilines is 2. The fourth-order valence-corrected chi connectivity index (χ4v) is 4.07. The second kappa shape index (κ2) is 10.8. The summed E-state index contributed by atoms with van der Waals surface area (Å²) in [6.45, 7) is 6.64. The number of H-pyrrole nitrogens is 1. The first-order valence-corrected chi connectivity index (χ1v) is 11.5. The fourth-order valence-electron chi connectivity index (χ4n) is 4.07. The maximum absolute atomic E-state index is 14.1. The zero-order chi connectivity index (χ0) is 24.9. The molecule has 4 rings (SSSR count). The van der Waals surface area contributed by atoms with Crippen molar-refractivity contribution in [2.45, 2.75) is 19.5 Å². The largest absolute Gasteiger partial charge is 0.377 e. The molecule has 184 valence electrons. The summed E-state index contributed by atoms with van der Waals surface area (Å²) in [5.74, 6) is -1.66. The average Bonchev–Trinajstić information content (AvgIpc) is 2.84. The molecular formula is C26H29F2N5O2. The monoisotopic (exact) mass is 481 g/mol. The number of carbonyl (C=O) groups is 1. The van der Waals surface area contributed by atoms with E-state index in [9.17, 15) is 18.4 Å². The zero-order valence-corrected chi connectivity index (χ0v) is 19.8. The molecule has 1 amide bonds. The van der Waals surface area contributed by atoms with Crippen molar-refractivity contribution in [3.05, 3.63) is 93.4 Å². The van der Waals surface area contributed by atoms with Gasteiger partial charge in [0.25, 0.3) is 11.5 Å². The van der Waals surface area contributed by atoms with Crippen LogP contribution in [0.3, 0.4) is 0 Å². The lowest BCUT2D eigenvalue weighted by Crippen LogP contribution is -2.43. The summed E-state index contributed by atoms with van der Waals surface area (Å²) in [7, 11) is 2.12. The molecule has 1 aliphatic rings. The second-order valence-electron chi connectivity index (χ2n) is 8.89. The molecule has 7 nitrogen and oxygen atoms in total. The highest BCUT2D eigenvalue weighted by Gasteiger charge is 2.17. The number of carbonyl (C=O) groups excluding carboxylic acids is 1. The van der Waals surface area contributed by atoms with Crippen LogP contribution in [0.25, 0.3) is 0 Å². The Balaban J connectivity index is 1.40. The first-order valence-electron chi connectivity index (χ1n) is 11.5. The summed E-state index contributed by atoms with van der Waals surface area (Å²) < 4.78 is 27.6. The van der Waals surface area contributed by atoms with Crippen LogP contribution in [-0.2, 0) is 6.54 Å². The van der Waals surface area contributed by atoms with Crippen LogP contribution in [0.2, 0.25) is 0 Å². The first kappa shape index (κ1) is 24.6. The molecule has 0 spiro atoms. The number of hydrogen-bond acceptors (Lipinski definition) is 5. The van der Waals surface area contributed by atoms with Gasteiger partial charge in [0.15, 0.2) is 0 Å². The Bertz CT molecular complexity index is 1240. The molecule has 0 unspecified atom stereocenters. The summed E-state index contributed by atoms with van der Waals surface area (Å²) in [5.41, 5.74) is 1.61. The lowest BCUT2D eigenvalue weighted by atomic mass is 10.1. The number of aromatic nitrogens is 1. The standard InChI is InChI=1S/C26H29F2N5O2/c1-17(22-13-19(27)5-8-24(22)28)30-21-14-23(25(34)29-15-21)26(35)31-20-6-3-18(4-7-20)16-33-11-9-32(2)10-12-33/h3-8,13-15,17,30H,9-12,16H2,1-2H3,(H,29,34)(H,31,35)/t17-/m1/s1. The second-order valence-corrected chi connectivity index (χ2v) is 8.89. The van der Waals surface area contributed by atoms with Crippen LogP contribution in [-0.4, -0.2) is 53.9 Å². The first-order chi connectivity index (χ1) is 16.8. The predicted octanol–water partition coefficient (Wildman–Crippen LogP) is 3.83. The van der Waals surface area contributed by atoms with Crippen LogP contribution in [0, 0.1) is 11.6 Å². The maximum atomic E-state index is 14.1. The van der Waals surface area contributed by atoms with Crippen molar-refractivity contribution in [3.8, 4) is 0 Å². The van der Waals surface area contributed by atoms with Crippen molar-refractivity contribution in [2.24, 2.45) is 0 Å². The summed E-state index contributed by atoms with van der Waals surface area (Å²) in [6, 6.07) is 11.6. The number of pyridine rings is 1. The number of nitrogens with zero attached hydrogens (tertiary/aromatic N) is 2. The molecule has 2 aromatic carbocycles. The molecule has 2 heterocycles. The minimum atomic E-state index is -0.597. The minimum Gasteiger partial charge on any atom is -0.377 e. The number of aromatic amines is 1. The summed E-state index contributed by atoms with van der Waals surface area (Å²) in [5, 5.41) is 5.74. The fraction of sp³-hybridized carbons (Fsp3) is 0.308. The van der Waals surface area contributed by atoms with E-state index in [1.807, 2.05) is 24.3 Å². The normalized spacial score (nSPS) is 15.5. The van der Waals surface area contributed by atoms with Gasteiger partial charge in [-0.3, -0.25) is 14.5 Å². The Morgan fingerprint density at radius 1 is 1.03 bits per heavy atom. The van der Waals surface area contributed by atoms with E-state index >= 15 is 0 Å². The Morgan fingerprint density at radius 3 is 2.46 bits per heavy atom. The van der Waals surface area contributed by atoms with Gasteiger partial charge in [-0.05, 0) is 55.9 Å². The van der Waals surface area contributed by atoms with Crippen LogP contribution in [0.1, 0.15) is 34.5 Å². The van der Waals surface area contributed by atoms with Gasteiger partial charge in [-0.25, -0.2) is 8.78 Å². The molecule has 0 radical (unpaired) electrons. The van der Waals surface area contributed by atoms with E-state index in [1.54, 1.807) is 6.92 Å². The van der Waals surface area contributed by atoms with Gasteiger partial charge < -0.3 is 20.5 Å².